The van der Waals surface area contributed by atoms with Crippen molar-refractivity contribution in [3.8, 4) is 0 Å². The van der Waals surface area contributed by atoms with Gasteiger partial charge in [-0.25, -0.2) is 9.78 Å². The normalized spacial score (nSPS) is 12.5. The number of hydrogen-bond acceptors (Lipinski definition) is 5. The first-order chi connectivity index (χ1) is 10.7. The predicted octanol–water partition coefficient (Wildman–Crippen LogP) is 4.40. The van der Waals surface area contributed by atoms with Crippen LogP contribution in [0.4, 0.5) is 10.5 Å². The quantitative estimate of drug-likeness (QED) is 0.898. The zero-order valence-electron chi connectivity index (χ0n) is 14.7. The van der Waals surface area contributed by atoms with Gasteiger partial charge in [0, 0.05) is 17.8 Å². The highest BCUT2D eigenvalue weighted by Crippen LogP contribution is 2.32. The lowest BCUT2D eigenvalue weighted by molar-refractivity contribution is 0.209. The molecule has 0 aliphatic carbocycles. The third-order valence-electron chi connectivity index (χ3n) is 3.89. The van der Waals surface area contributed by atoms with Crippen molar-refractivity contribution in [3.05, 3.63) is 27.0 Å². The highest BCUT2D eigenvalue weighted by atomic mass is 32.1. The monoisotopic (exact) mass is 336 g/mol. The standard InChI is InChI=1S/C16H24N4O2S/c1-8(2)15-17-10(4)14(23-15)11(5)20(7)16(21)18-13-9(3)19-22-12(13)6/h8,11H,1-7H3,(H,18,21)/t11-/m0/s1. The van der Waals surface area contributed by atoms with Gasteiger partial charge in [-0.05, 0) is 27.7 Å². The van der Waals surface area contributed by atoms with Crippen molar-refractivity contribution in [2.45, 2.75) is 53.5 Å². The first kappa shape index (κ1) is 17.5. The number of aromatic nitrogens is 2. The van der Waals surface area contributed by atoms with Gasteiger partial charge < -0.3 is 14.7 Å². The lowest BCUT2D eigenvalue weighted by atomic mass is 10.2. The van der Waals surface area contributed by atoms with E-state index < -0.39 is 0 Å². The first-order valence-electron chi connectivity index (χ1n) is 7.66. The topological polar surface area (TPSA) is 71.3 Å². The summed E-state index contributed by atoms with van der Waals surface area (Å²) in [6.45, 7) is 11.8. The van der Waals surface area contributed by atoms with Gasteiger partial charge >= 0.3 is 6.03 Å². The number of carbonyl (C=O) groups excluding carboxylic acids is 1. The zero-order valence-corrected chi connectivity index (χ0v) is 15.5. The Hall–Kier alpha value is -1.89. The Morgan fingerprint density at radius 3 is 2.35 bits per heavy atom. The predicted molar refractivity (Wildman–Crippen MR) is 92.1 cm³/mol. The minimum atomic E-state index is -0.189. The first-order valence-corrected chi connectivity index (χ1v) is 8.47. The number of urea groups is 1. The molecule has 126 valence electrons. The van der Waals surface area contributed by atoms with Crippen molar-refractivity contribution >= 4 is 23.1 Å². The van der Waals surface area contributed by atoms with Crippen LogP contribution in [0.5, 0.6) is 0 Å². The van der Waals surface area contributed by atoms with E-state index >= 15 is 0 Å². The number of carbonyl (C=O) groups is 1. The molecule has 23 heavy (non-hydrogen) atoms. The molecule has 0 bridgehead atoms. The average Bonchev–Trinajstić information content (AvgIpc) is 3.03. The zero-order chi connectivity index (χ0) is 17.3. The van der Waals surface area contributed by atoms with Gasteiger partial charge in [-0.2, -0.15) is 0 Å². The van der Waals surface area contributed by atoms with Gasteiger partial charge in [-0.15, -0.1) is 11.3 Å². The summed E-state index contributed by atoms with van der Waals surface area (Å²) in [5.41, 5.74) is 2.30. The smallest absolute Gasteiger partial charge is 0.322 e. The minimum absolute atomic E-state index is 0.0551. The molecular formula is C16H24N4O2S. The maximum Gasteiger partial charge on any atom is 0.322 e. The van der Waals surface area contributed by atoms with Gasteiger partial charge in [-0.1, -0.05) is 19.0 Å². The largest absolute Gasteiger partial charge is 0.359 e. The minimum Gasteiger partial charge on any atom is -0.359 e. The molecule has 0 aliphatic heterocycles. The van der Waals surface area contributed by atoms with Crippen LogP contribution >= 0.6 is 11.3 Å². The Bertz CT molecular complexity index is 685. The fourth-order valence-corrected chi connectivity index (χ4v) is 3.44. The molecule has 0 spiro atoms. The molecule has 0 aromatic carbocycles. The highest BCUT2D eigenvalue weighted by Gasteiger charge is 2.24. The van der Waals surface area contributed by atoms with E-state index in [1.54, 1.807) is 37.1 Å². The summed E-state index contributed by atoms with van der Waals surface area (Å²) in [4.78, 5) is 19.9. The number of nitrogens with one attached hydrogen (secondary N) is 1. The van der Waals surface area contributed by atoms with E-state index in [1.807, 2.05) is 13.8 Å². The number of amides is 2. The molecule has 6 nitrogen and oxygen atoms in total. The summed E-state index contributed by atoms with van der Waals surface area (Å²) in [5.74, 6) is 0.994. The molecule has 0 saturated carbocycles. The van der Waals surface area contributed by atoms with Gasteiger partial charge in [0.05, 0.1) is 16.7 Å². The van der Waals surface area contributed by atoms with Crippen molar-refractivity contribution in [2.75, 3.05) is 12.4 Å². The summed E-state index contributed by atoms with van der Waals surface area (Å²) in [7, 11) is 1.78. The number of anilines is 1. The van der Waals surface area contributed by atoms with E-state index in [-0.39, 0.29) is 12.1 Å². The number of aryl methyl sites for hydroxylation is 3. The van der Waals surface area contributed by atoms with Gasteiger partial charge in [0.15, 0.2) is 5.76 Å². The fraction of sp³-hybridized carbons (Fsp3) is 0.562. The van der Waals surface area contributed by atoms with Crippen LogP contribution in [-0.2, 0) is 0 Å². The van der Waals surface area contributed by atoms with Gasteiger partial charge in [0.1, 0.15) is 11.4 Å². The van der Waals surface area contributed by atoms with Gasteiger partial charge in [-0.3, -0.25) is 0 Å². The highest BCUT2D eigenvalue weighted by molar-refractivity contribution is 7.11. The number of rotatable bonds is 4. The van der Waals surface area contributed by atoms with Crippen LogP contribution in [0.2, 0.25) is 0 Å². The molecule has 0 radical (unpaired) electrons. The maximum absolute atomic E-state index is 12.5. The van der Waals surface area contributed by atoms with Crippen LogP contribution in [0.25, 0.3) is 0 Å². The van der Waals surface area contributed by atoms with E-state index in [4.69, 9.17) is 4.52 Å². The summed E-state index contributed by atoms with van der Waals surface area (Å²) in [6, 6.07) is -0.244. The van der Waals surface area contributed by atoms with E-state index in [2.05, 4.69) is 29.3 Å². The Balaban J connectivity index is 2.16. The van der Waals surface area contributed by atoms with Gasteiger partial charge in [0.2, 0.25) is 0 Å². The molecule has 0 saturated heterocycles. The fourth-order valence-electron chi connectivity index (χ4n) is 2.27. The van der Waals surface area contributed by atoms with Gasteiger partial charge in [0.25, 0.3) is 0 Å². The molecule has 0 fully saturated rings. The molecule has 2 aromatic heterocycles. The van der Waals surface area contributed by atoms with Crippen LogP contribution in [0.1, 0.15) is 59.8 Å². The molecule has 7 heteroatoms. The van der Waals surface area contributed by atoms with E-state index in [0.29, 0.717) is 23.1 Å². The summed E-state index contributed by atoms with van der Waals surface area (Å²) >= 11 is 1.67. The second-order valence-electron chi connectivity index (χ2n) is 6.07. The molecule has 0 aliphatic rings. The number of nitrogens with zero attached hydrogens (tertiary/aromatic N) is 3. The molecule has 2 heterocycles. The van der Waals surface area contributed by atoms with Crippen molar-refractivity contribution in [3.63, 3.8) is 0 Å². The second-order valence-corrected chi connectivity index (χ2v) is 7.13. The lowest BCUT2D eigenvalue weighted by Crippen LogP contribution is -2.33. The Morgan fingerprint density at radius 1 is 1.22 bits per heavy atom. The summed E-state index contributed by atoms with van der Waals surface area (Å²) < 4.78 is 5.08. The van der Waals surface area contributed by atoms with Crippen LogP contribution in [-0.4, -0.2) is 28.1 Å². The molecule has 1 N–H and O–H groups in total. The number of thiazole rings is 1. The lowest BCUT2D eigenvalue weighted by Gasteiger charge is -2.24. The second kappa shape index (κ2) is 6.70. The molecule has 0 unspecified atom stereocenters. The van der Waals surface area contributed by atoms with Crippen molar-refractivity contribution in [1.29, 1.82) is 0 Å². The Morgan fingerprint density at radius 2 is 1.87 bits per heavy atom. The Labute approximate surface area is 140 Å². The van der Waals surface area contributed by atoms with Crippen LogP contribution in [0.15, 0.2) is 4.52 Å². The summed E-state index contributed by atoms with van der Waals surface area (Å²) in [6.07, 6.45) is 0. The molecule has 2 aromatic rings. The van der Waals surface area contributed by atoms with E-state index in [9.17, 15) is 4.79 Å². The third-order valence-corrected chi connectivity index (χ3v) is 5.52. The molecule has 2 amide bonds. The number of hydrogen-bond donors (Lipinski definition) is 1. The van der Waals surface area contributed by atoms with Crippen molar-refractivity contribution < 1.29 is 9.32 Å². The van der Waals surface area contributed by atoms with Crippen LogP contribution < -0.4 is 5.32 Å². The molecular weight excluding hydrogens is 312 g/mol. The maximum atomic E-state index is 12.5. The SMILES string of the molecule is Cc1nc(C(C)C)sc1[C@H](C)N(C)C(=O)Nc1c(C)noc1C. The van der Waals surface area contributed by atoms with Crippen molar-refractivity contribution in [1.82, 2.24) is 15.0 Å². The Kier molecular flexibility index (Phi) is 5.09. The van der Waals surface area contributed by atoms with Crippen LogP contribution in [0, 0.1) is 20.8 Å². The third kappa shape index (κ3) is 3.55. The van der Waals surface area contributed by atoms with Crippen LogP contribution in [0.3, 0.4) is 0 Å². The van der Waals surface area contributed by atoms with E-state index in [0.717, 1.165) is 15.6 Å². The van der Waals surface area contributed by atoms with Crippen molar-refractivity contribution in [2.24, 2.45) is 0 Å². The molecule has 2 rings (SSSR count). The summed E-state index contributed by atoms with van der Waals surface area (Å²) in [5, 5.41) is 7.83. The van der Waals surface area contributed by atoms with E-state index in [1.165, 1.54) is 0 Å². The average molecular weight is 336 g/mol. The molecule has 1 atom stereocenters.